The summed E-state index contributed by atoms with van der Waals surface area (Å²) in [6.07, 6.45) is 2.83. The zero-order chi connectivity index (χ0) is 11.0. The van der Waals surface area contributed by atoms with Crippen LogP contribution >= 0.6 is 11.3 Å². The zero-order valence-corrected chi connectivity index (χ0v) is 9.70. The molecule has 2 N–H and O–H groups in total. The molecule has 0 radical (unpaired) electrons. The van der Waals surface area contributed by atoms with Gasteiger partial charge < -0.3 is 10.4 Å². The Morgan fingerprint density at radius 1 is 1.31 bits per heavy atom. The van der Waals surface area contributed by atoms with Crippen LogP contribution in [0.25, 0.3) is 10.2 Å². The molecule has 0 amide bonds. The van der Waals surface area contributed by atoms with Crippen molar-refractivity contribution < 1.29 is 5.11 Å². The number of para-hydroxylation sites is 1. The molecule has 1 aromatic heterocycles. The Hall–Kier alpha value is -1.13. The van der Waals surface area contributed by atoms with E-state index in [-0.39, 0.29) is 12.1 Å². The summed E-state index contributed by atoms with van der Waals surface area (Å²) in [4.78, 5) is 4.51. The summed E-state index contributed by atoms with van der Waals surface area (Å²) >= 11 is 1.65. The van der Waals surface area contributed by atoms with Crippen molar-refractivity contribution in [1.29, 1.82) is 0 Å². The molecule has 4 heteroatoms. The Morgan fingerprint density at radius 2 is 2.19 bits per heavy atom. The minimum atomic E-state index is -0.216. The molecule has 0 saturated heterocycles. The molecule has 0 unspecified atom stereocenters. The molecule has 1 aromatic carbocycles. The number of aromatic nitrogens is 1. The molecule has 2 aromatic rings. The topological polar surface area (TPSA) is 45.1 Å². The lowest BCUT2D eigenvalue weighted by Crippen LogP contribution is -2.27. The van der Waals surface area contributed by atoms with Gasteiger partial charge in [-0.2, -0.15) is 0 Å². The van der Waals surface area contributed by atoms with Crippen molar-refractivity contribution in [3.05, 3.63) is 24.3 Å². The summed E-state index contributed by atoms with van der Waals surface area (Å²) < 4.78 is 1.19. The van der Waals surface area contributed by atoms with Gasteiger partial charge in [0.05, 0.1) is 22.4 Å². The third kappa shape index (κ3) is 1.79. The van der Waals surface area contributed by atoms with E-state index in [4.69, 9.17) is 0 Å². The number of thiazole rings is 1. The van der Waals surface area contributed by atoms with Gasteiger partial charge in [-0.1, -0.05) is 23.5 Å². The number of rotatable bonds is 2. The number of hydrogen-bond acceptors (Lipinski definition) is 4. The van der Waals surface area contributed by atoms with Gasteiger partial charge in [0.2, 0.25) is 0 Å². The fourth-order valence-corrected chi connectivity index (χ4v) is 3.13. The van der Waals surface area contributed by atoms with E-state index in [0.717, 1.165) is 29.9 Å². The van der Waals surface area contributed by atoms with Crippen molar-refractivity contribution in [3.8, 4) is 0 Å². The highest BCUT2D eigenvalue weighted by atomic mass is 32.1. The molecule has 2 atom stereocenters. The average molecular weight is 234 g/mol. The first-order valence-corrected chi connectivity index (χ1v) is 6.45. The molecular weight excluding hydrogens is 220 g/mol. The predicted octanol–water partition coefficient (Wildman–Crippen LogP) is 2.62. The van der Waals surface area contributed by atoms with Gasteiger partial charge in [0.25, 0.3) is 0 Å². The Kier molecular flexibility index (Phi) is 2.53. The van der Waals surface area contributed by atoms with Crippen molar-refractivity contribution in [2.24, 2.45) is 0 Å². The second kappa shape index (κ2) is 4.03. The van der Waals surface area contributed by atoms with Gasteiger partial charge >= 0.3 is 0 Å². The smallest absolute Gasteiger partial charge is 0.184 e. The van der Waals surface area contributed by atoms with Crippen LogP contribution in [0.1, 0.15) is 19.3 Å². The second-order valence-corrected chi connectivity index (χ2v) is 5.27. The van der Waals surface area contributed by atoms with Gasteiger partial charge in [0.15, 0.2) is 5.13 Å². The van der Waals surface area contributed by atoms with Crippen molar-refractivity contribution in [1.82, 2.24) is 4.98 Å². The Balaban J connectivity index is 1.83. The number of fused-ring (bicyclic) bond motifs is 1. The summed E-state index contributed by atoms with van der Waals surface area (Å²) in [5.74, 6) is 0. The largest absolute Gasteiger partial charge is 0.391 e. The Labute approximate surface area is 98.1 Å². The molecular formula is C12H14N2OS. The van der Waals surface area contributed by atoms with Crippen LogP contribution in [-0.4, -0.2) is 22.2 Å². The Bertz CT molecular complexity index is 463. The summed E-state index contributed by atoms with van der Waals surface area (Å²) in [5, 5.41) is 14.0. The molecule has 1 heterocycles. The van der Waals surface area contributed by atoms with E-state index in [2.05, 4.69) is 16.4 Å². The molecule has 1 saturated carbocycles. The van der Waals surface area contributed by atoms with Gasteiger partial charge in [0.1, 0.15) is 0 Å². The first-order valence-electron chi connectivity index (χ1n) is 5.63. The second-order valence-electron chi connectivity index (χ2n) is 4.24. The lowest BCUT2D eigenvalue weighted by Gasteiger charge is -2.14. The van der Waals surface area contributed by atoms with Crippen LogP contribution in [0.2, 0.25) is 0 Å². The summed E-state index contributed by atoms with van der Waals surface area (Å²) in [6, 6.07) is 8.29. The van der Waals surface area contributed by atoms with E-state index < -0.39 is 0 Å². The predicted molar refractivity (Wildman–Crippen MR) is 66.9 cm³/mol. The average Bonchev–Trinajstić information content (AvgIpc) is 2.85. The molecule has 16 heavy (non-hydrogen) atoms. The maximum Gasteiger partial charge on any atom is 0.184 e. The first kappa shape index (κ1) is 10.1. The van der Waals surface area contributed by atoms with Crippen LogP contribution in [0, 0.1) is 0 Å². The van der Waals surface area contributed by atoms with E-state index in [9.17, 15) is 5.11 Å². The normalized spacial score (nSPS) is 25.1. The third-order valence-corrected chi connectivity index (χ3v) is 4.05. The number of anilines is 1. The van der Waals surface area contributed by atoms with Crippen LogP contribution in [0.5, 0.6) is 0 Å². The van der Waals surface area contributed by atoms with Gasteiger partial charge in [-0.25, -0.2) is 4.98 Å². The van der Waals surface area contributed by atoms with Crippen molar-refractivity contribution in [2.45, 2.75) is 31.4 Å². The SMILES string of the molecule is O[C@@H]1CCC[C@H]1Nc1nc2ccccc2s1. The molecule has 1 aliphatic rings. The van der Waals surface area contributed by atoms with Gasteiger partial charge in [-0.15, -0.1) is 0 Å². The monoisotopic (exact) mass is 234 g/mol. The number of aliphatic hydroxyl groups is 1. The van der Waals surface area contributed by atoms with Crippen LogP contribution in [0.4, 0.5) is 5.13 Å². The van der Waals surface area contributed by atoms with Crippen LogP contribution in [-0.2, 0) is 0 Å². The van der Waals surface area contributed by atoms with E-state index in [1.807, 2.05) is 18.2 Å². The maximum atomic E-state index is 9.74. The summed E-state index contributed by atoms with van der Waals surface area (Å²) in [7, 11) is 0. The summed E-state index contributed by atoms with van der Waals surface area (Å²) in [6.45, 7) is 0. The highest BCUT2D eigenvalue weighted by Crippen LogP contribution is 2.29. The van der Waals surface area contributed by atoms with E-state index in [1.54, 1.807) is 11.3 Å². The standard InChI is InChI=1S/C12H14N2OS/c15-10-6-3-5-8(10)13-12-14-9-4-1-2-7-11(9)16-12/h1-2,4,7-8,10,15H,3,5-6H2,(H,13,14)/t8-,10-/m1/s1. The highest BCUT2D eigenvalue weighted by Gasteiger charge is 2.25. The molecule has 0 aliphatic heterocycles. The van der Waals surface area contributed by atoms with Crippen LogP contribution in [0.15, 0.2) is 24.3 Å². The molecule has 0 bridgehead atoms. The van der Waals surface area contributed by atoms with Gasteiger partial charge in [-0.05, 0) is 31.4 Å². The maximum absolute atomic E-state index is 9.74. The van der Waals surface area contributed by atoms with Crippen molar-refractivity contribution in [2.75, 3.05) is 5.32 Å². The molecule has 3 nitrogen and oxygen atoms in total. The number of hydrogen-bond donors (Lipinski definition) is 2. The van der Waals surface area contributed by atoms with Gasteiger partial charge in [0, 0.05) is 0 Å². The fourth-order valence-electron chi connectivity index (χ4n) is 2.20. The van der Waals surface area contributed by atoms with Crippen LogP contribution in [0.3, 0.4) is 0 Å². The third-order valence-electron chi connectivity index (χ3n) is 3.08. The van der Waals surface area contributed by atoms with Crippen LogP contribution < -0.4 is 5.32 Å². The Morgan fingerprint density at radius 3 is 2.94 bits per heavy atom. The highest BCUT2D eigenvalue weighted by molar-refractivity contribution is 7.22. The first-order chi connectivity index (χ1) is 7.83. The minimum absolute atomic E-state index is 0.181. The van der Waals surface area contributed by atoms with E-state index in [0.29, 0.717) is 0 Å². The quantitative estimate of drug-likeness (QED) is 0.839. The van der Waals surface area contributed by atoms with Gasteiger partial charge in [-0.3, -0.25) is 0 Å². The number of benzene rings is 1. The lowest BCUT2D eigenvalue weighted by molar-refractivity contribution is 0.172. The fraction of sp³-hybridized carbons (Fsp3) is 0.417. The molecule has 0 spiro atoms. The molecule has 1 fully saturated rings. The zero-order valence-electron chi connectivity index (χ0n) is 8.89. The van der Waals surface area contributed by atoms with E-state index >= 15 is 0 Å². The lowest BCUT2D eigenvalue weighted by atomic mass is 10.2. The summed E-state index contributed by atoms with van der Waals surface area (Å²) in [5.41, 5.74) is 1.03. The van der Waals surface area contributed by atoms with E-state index in [1.165, 1.54) is 4.70 Å². The van der Waals surface area contributed by atoms with Crippen molar-refractivity contribution >= 4 is 26.7 Å². The number of nitrogens with zero attached hydrogens (tertiary/aromatic N) is 1. The molecule has 84 valence electrons. The van der Waals surface area contributed by atoms with Crippen molar-refractivity contribution in [3.63, 3.8) is 0 Å². The number of aliphatic hydroxyl groups excluding tert-OH is 1. The number of nitrogens with one attached hydrogen (secondary N) is 1. The molecule has 3 rings (SSSR count). The molecule has 1 aliphatic carbocycles. The minimum Gasteiger partial charge on any atom is -0.391 e.